The lowest BCUT2D eigenvalue weighted by atomic mass is 9.67. The number of carbonyl (C=O) groups is 2. The molecule has 0 aliphatic heterocycles. The van der Waals surface area contributed by atoms with E-state index < -0.39 is 0 Å². The smallest absolute Gasteiger partial charge is 0.226 e. The molecule has 88 valence electrons. The Balaban J connectivity index is 1.92. The quantitative estimate of drug-likeness (QED) is 0.688. The van der Waals surface area contributed by atoms with Crippen LogP contribution in [0.5, 0.6) is 0 Å². The fourth-order valence-corrected chi connectivity index (χ4v) is 4.48. The third-order valence-corrected chi connectivity index (χ3v) is 5.33. The Kier molecular flexibility index (Phi) is 1.99. The minimum absolute atomic E-state index is 0.0928. The predicted molar refractivity (Wildman–Crippen MR) is 59.8 cm³/mol. The highest BCUT2D eigenvalue weighted by atomic mass is 35.5. The molecule has 3 saturated carbocycles. The van der Waals surface area contributed by atoms with Crippen LogP contribution in [0.3, 0.4) is 0 Å². The van der Waals surface area contributed by atoms with E-state index in [0.717, 1.165) is 12.8 Å². The molecular weight excluding hydrogens is 226 g/mol. The van der Waals surface area contributed by atoms with Gasteiger partial charge in [0.1, 0.15) is 0 Å². The summed E-state index contributed by atoms with van der Waals surface area (Å²) in [5, 5.41) is -0.295. The Morgan fingerprint density at radius 1 is 1.25 bits per heavy atom. The van der Waals surface area contributed by atoms with Crippen molar-refractivity contribution < 1.29 is 9.59 Å². The molecule has 0 aromatic carbocycles. The number of amides is 1. The first-order chi connectivity index (χ1) is 7.49. The summed E-state index contributed by atoms with van der Waals surface area (Å²) in [5.74, 6) is 0.595. The van der Waals surface area contributed by atoms with E-state index in [1.807, 2.05) is 0 Å². The Morgan fingerprint density at radius 2 is 1.94 bits per heavy atom. The van der Waals surface area contributed by atoms with Gasteiger partial charge in [0.25, 0.3) is 0 Å². The summed E-state index contributed by atoms with van der Waals surface area (Å²) in [6, 6.07) is 0. The van der Waals surface area contributed by atoms with E-state index in [1.54, 1.807) is 19.0 Å². The molecule has 0 heterocycles. The van der Waals surface area contributed by atoms with Crippen molar-refractivity contribution in [1.82, 2.24) is 4.90 Å². The highest BCUT2D eigenvalue weighted by molar-refractivity contribution is 6.64. The number of hydrogen-bond donors (Lipinski definition) is 0. The average Bonchev–Trinajstić information content (AvgIpc) is 2.87. The molecule has 0 N–H and O–H groups in total. The fraction of sp³-hybridized carbons (Fsp3) is 0.833. The summed E-state index contributed by atoms with van der Waals surface area (Å²) in [7, 11) is 3.51. The highest BCUT2D eigenvalue weighted by Crippen LogP contribution is 2.79. The summed E-state index contributed by atoms with van der Waals surface area (Å²) >= 11 is 5.69. The lowest BCUT2D eigenvalue weighted by Gasteiger charge is -2.37. The second-order valence-electron chi connectivity index (χ2n) is 5.78. The summed E-state index contributed by atoms with van der Waals surface area (Å²) in [4.78, 5) is 25.3. The van der Waals surface area contributed by atoms with Crippen LogP contribution in [-0.4, -0.2) is 30.1 Å². The minimum atomic E-state index is -0.295. The zero-order chi connectivity index (χ0) is 11.7. The molecule has 3 aliphatic carbocycles. The number of halogens is 1. The van der Waals surface area contributed by atoms with Crippen molar-refractivity contribution in [1.29, 1.82) is 0 Å². The molecule has 16 heavy (non-hydrogen) atoms. The SMILES string of the molecule is CN(C)C(=O)[C@H]1C2CC23CCC3[C@H]1C(=O)Cl. The van der Waals surface area contributed by atoms with Crippen LogP contribution in [-0.2, 0) is 9.59 Å². The van der Waals surface area contributed by atoms with Crippen molar-refractivity contribution in [3.63, 3.8) is 0 Å². The van der Waals surface area contributed by atoms with Gasteiger partial charge in [0, 0.05) is 20.0 Å². The van der Waals surface area contributed by atoms with Crippen LogP contribution in [0.2, 0.25) is 0 Å². The summed E-state index contributed by atoms with van der Waals surface area (Å²) in [5.41, 5.74) is 0.339. The maximum atomic E-state index is 12.1. The van der Waals surface area contributed by atoms with Crippen molar-refractivity contribution in [3.05, 3.63) is 0 Å². The molecule has 3 unspecified atom stereocenters. The molecule has 5 atom stereocenters. The van der Waals surface area contributed by atoms with Gasteiger partial charge in [-0.2, -0.15) is 0 Å². The van der Waals surface area contributed by atoms with Crippen molar-refractivity contribution in [2.24, 2.45) is 29.1 Å². The zero-order valence-corrected chi connectivity index (χ0v) is 10.3. The molecule has 3 aliphatic rings. The maximum absolute atomic E-state index is 12.1. The molecule has 3 nitrogen and oxygen atoms in total. The van der Waals surface area contributed by atoms with Crippen molar-refractivity contribution in [2.75, 3.05) is 14.1 Å². The van der Waals surface area contributed by atoms with Crippen molar-refractivity contribution >= 4 is 22.8 Å². The highest BCUT2D eigenvalue weighted by Gasteiger charge is 2.76. The topological polar surface area (TPSA) is 37.4 Å². The van der Waals surface area contributed by atoms with Crippen LogP contribution in [0.1, 0.15) is 19.3 Å². The van der Waals surface area contributed by atoms with Gasteiger partial charge in [-0.3, -0.25) is 9.59 Å². The number of carbonyl (C=O) groups excluding carboxylic acids is 2. The molecule has 3 rings (SSSR count). The van der Waals surface area contributed by atoms with Gasteiger partial charge in [-0.1, -0.05) is 0 Å². The predicted octanol–water partition coefficient (Wildman–Crippen LogP) is 1.50. The minimum Gasteiger partial charge on any atom is -0.349 e. The standard InChI is InChI=1S/C12H16ClNO2/c1-14(2)11(16)9-7-5-12(7)4-3-6(12)8(9)10(13)15/h6-9H,3-5H2,1-2H3/t6?,7?,8-,9+,12?/m1/s1. The maximum Gasteiger partial charge on any atom is 0.226 e. The van der Waals surface area contributed by atoms with Gasteiger partial charge in [-0.05, 0) is 48.1 Å². The average molecular weight is 242 g/mol. The van der Waals surface area contributed by atoms with Gasteiger partial charge < -0.3 is 4.90 Å². The molecule has 1 amide bonds. The zero-order valence-electron chi connectivity index (χ0n) is 9.57. The second kappa shape index (κ2) is 3.00. The van der Waals surface area contributed by atoms with E-state index in [2.05, 4.69) is 0 Å². The summed E-state index contributed by atoms with van der Waals surface area (Å²) in [6.45, 7) is 0. The van der Waals surface area contributed by atoms with Gasteiger partial charge in [-0.15, -0.1) is 0 Å². The Bertz CT molecular complexity index is 381. The second-order valence-corrected chi connectivity index (χ2v) is 6.15. The molecule has 1 spiro atoms. The van der Waals surface area contributed by atoms with E-state index in [4.69, 9.17) is 11.6 Å². The lowest BCUT2D eigenvalue weighted by Crippen LogP contribution is -2.39. The van der Waals surface area contributed by atoms with Crippen LogP contribution in [0.15, 0.2) is 0 Å². The van der Waals surface area contributed by atoms with Gasteiger partial charge in [0.05, 0.1) is 5.92 Å². The molecular formula is C12H16ClNO2. The number of nitrogens with zero attached hydrogens (tertiary/aromatic N) is 1. The molecule has 0 radical (unpaired) electrons. The van der Waals surface area contributed by atoms with Crippen LogP contribution in [0.25, 0.3) is 0 Å². The van der Waals surface area contributed by atoms with Gasteiger partial charge in [0.2, 0.25) is 11.1 Å². The summed E-state index contributed by atoms with van der Waals surface area (Å²) in [6.07, 6.45) is 3.42. The molecule has 3 fully saturated rings. The van der Waals surface area contributed by atoms with Crippen LogP contribution >= 0.6 is 11.6 Å². The van der Waals surface area contributed by atoms with Gasteiger partial charge in [-0.25, -0.2) is 0 Å². The largest absolute Gasteiger partial charge is 0.349 e. The van der Waals surface area contributed by atoms with Gasteiger partial charge in [0.15, 0.2) is 0 Å². The molecule has 0 bridgehead atoms. The van der Waals surface area contributed by atoms with Crippen LogP contribution < -0.4 is 0 Å². The lowest BCUT2D eigenvalue weighted by molar-refractivity contribution is -0.138. The van der Waals surface area contributed by atoms with Gasteiger partial charge >= 0.3 is 0 Å². The van der Waals surface area contributed by atoms with Crippen LogP contribution in [0, 0.1) is 29.1 Å². The fourth-order valence-electron chi connectivity index (χ4n) is 4.19. The molecule has 0 aromatic rings. The Morgan fingerprint density at radius 3 is 2.38 bits per heavy atom. The molecule has 0 saturated heterocycles. The first-order valence-electron chi connectivity index (χ1n) is 5.89. The van der Waals surface area contributed by atoms with Crippen molar-refractivity contribution in [2.45, 2.75) is 19.3 Å². The van der Waals surface area contributed by atoms with E-state index in [9.17, 15) is 9.59 Å². The molecule has 0 aromatic heterocycles. The monoisotopic (exact) mass is 241 g/mol. The van der Waals surface area contributed by atoms with E-state index in [-0.39, 0.29) is 23.0 Å². The van der Waals surface area contributed by atoms with Crippen molar-refractivity contribution in [3.8, 4) is 0 Å². The van der Waals surface area contributed by atoms with E-state index in [1.165, 1.54) is 6.42 Å². The molecule has 4 heteroatoms. The van der Waals surface area contributed by atoms with Crippen LogP contribution in [0.4, 0.5) is 0 Å². The van der Waals surface area contributed by atoms with E-state index in [0.29, 0.717) is 17.3 Å². The normalized spacial score (nSPS) is 47.7. The Labute approximate surface area is 100 Å². The Hall–Kier alpha value is -0.570. The number of rotatable bonds is 2. The number of hydrogen-bond acceptors (Lipinski definition) is 2. The first-order valence-corrected chi connectivity index (χ1v) is 6.27. The summed E-state index contributed by atoms with van der Waals surface area (Å²) < 4.78 is 0. The van der Waals surface area contributed by atoms with E-state index >= 15 is 0 Å². The first kappa shape index (κ1) is 10.6. The third-order valence-electron chi connectivity index (χ3n) is 5.08. The third kappa shape index (κ3) is 1.05.